The largest absolute Gasteiger partial charge is 0.480 e. The van der Waals surface area contributed by atoms with Crippen molar-refractivity contribution in [2.45, 2.75) is 25.9 Å². The molecule has 4 nitrogen and oxygen atoms in total. The number of nitrogens with zero attached hydrogens (tertiary/aromatic N) is 1. The first-order valence-corrected chi connectivity index (χ1v) is 8.38. The smallest absolute Gasteiger partial charge is 0.257 e. The second-order valence-electron chi connectivity index (χ2n) is 5.80. The zero-order valence-electron chi connectivity index (χ0n) is 13.6. The lowest BCUT2D eigenvalue weighted by molar-refractivity contribution is 0.110. The Labute approximate surface area is 137 Å². The van der Waals surface area contributed by atoms with Crippen molar-refractivity contribution in [3.8, 4) is 11.6 Å². The molecule has 0 radical (unpaired) electrons. The summed E-state index contributed by atoms with van der Waals surface area (Å²) in [5.41, 5.74) is 1.20. The predicted molar refractivity (Wildman–Crippen MR) is 90.8 cm³/mol. The summed E-state index contributed by atoms with van der Waals surface area (Å²) in [5.74, 6) is 1.73. The van der Waals surface area contributed by atoms with Crippen LogP contribution < -0.4 is 14.8 Å². The van der Waals surface area contributed by atoms with Gasteiger partial charge in [-0.2, -0.15) is 0 Å². The zero-order chi connectivity index (χ0) is 15.9. The van der Waals surface area contributed by atoms with E-state index in [2.05, 4.69) is 34.6 Å². The fraction of sp³-hybridized carbons (Fsp3) is 0.421. The average molecular weight is 312 g/mol. The molecule has 2 aromatic rings. The predicted octanol–water partition coefficient (Wildman–Crippen LogP) is 3.60. The minimum Gasteiger partial charge on any atom is -0.480 e. The first kappa shape index (κ1) is 15.8. The highest BCUT2D eigenvalue weighted by atomic mass is 16.5. The molecule has 1 fully saturated rings. The number of aromatic nitrogens is 1. The molecule has 2 atom stereocenters. The summed E-state index contributed by atoms with van der Waals surface area (Å²) in [4.78, 5) is 4.30. The Balaban J connectivity index is 1.86. The minimum absolute atomic E-state index is 0.00686. The lowest BCUT2D eigenvalue weighted by Gasteiger charge is -2.31. The van der Waals surface area contributed by atoms with Crippen molar-refractivity contribution in [2.75, 3.05) is 19.7 Å². The van der Waals surface area contributed by atoms with Crippen LogP contribution >= 0.6 is 0 Å². The molecule has 0 spiro atoms. The van der Waals surface area contributed by atoms with E-state index < -0.39 is 0 Å². The fourth-order valence-corrected chi connectivity index (χ4v) is 3.06. The van der Waals surface area contributed by atoms with E-state index in [0.717, 1.165) is 19.5 Å². The number of rotatable bonds is 6. The molecule has 3 rings (SSSR count). The summed E-state index contributed by atoms with van der Waals surface area (Å²) in [5, 5.41) is 3.48. The molecule has 1 aliphatic rings. The Kier molecular flexibility index (Phi) is 5.48. The molecule has 0 saturated carbocycles. The van der Waals surface area contributed by atoms with Gasteiger partial charge in [0.25, 0.3) is 5.88 Å². The quantitative estimate of drug-likeness (QED) is 0.885. The van der Waals surface area contributed by atoms with E-state index in [4.69, 9.17) is 9.47 Å². The standard InChI is InChI=1S/C19H24N2O2/c1-2-22-19-17(11-7-13-21-19)23-18(15-8-4-3-5-9-15)16-10-6-12-20-14-16/h3-5,7-9,11,13,16,18,20H,2,6,10,12,14H2,1H3/t16?,18-/m1/s1. The van der Waals surface area contributed by atoms with E-state index in [1.54, 1.807) is 6.20 Å². The monoisotopic (exact) mass is 312 g/mol. The lowest BCUT2D eigenvalue weighted by atomic mass is 9.89. The number of ether oxygens (including phenoxy) is 2. The van der Waals surface area contributed by atoms with Crippen LogP contribution in [0.4, 0.5) is 0 Å². The summed E-state index contributed by atoms with van der Waals surface area (Å²) in [7, 11) is 0. The van der Waals surface area contributed by atoms with Gasteiger partial charge in [0, 0.05) is 18.7 Å². The van der Waals surface area contributed by atoms with Gasteiger partial charge in [0.2, 0.25) is 0 Å². The van der Waals surface area contributed by atoms with Crippen LogP contribution in [0, 0.1) is 5.92 Å². The van der Waals surface area contributed by atoms with E-state index >= 15 is 0 Å². The van der Waals surface area contributed by atoms with Crippen LogP contribution in [0.25, 0.3) is 0 Å². The molecule has 1 aromatic carbocycles. The Hall–Kier alpha value is -2.07. The first-order chi connectivity index (χ1) is 11.4. The second kappa shape index (κ2) is 7.97. The van der Waals surface area contributed by atoms with Crippen LogP contribution in [0.5, 0.6) is 11.6 Å². The van der Waals surface area contributed by atoms with Gasteiger partial charge in [0.1, 0.15) is 6.10 Å². The topological polar surface area (TPSA) is 43.4 Å². The van der Waals surface area contributed by atoms with Crippen molar-refractivity contribution in [1.82, 2.24) is 10.3 Å². The van der Waals surface area contributed by atoms with Gasteiger partial charge >= 0.3 is 0 Å². The highest BCUT2D eigenvalue weighted by molar-refractivity contribution is 5.34. The van der Waals surface area contributed by atoms with Crippen LogP contribution in [0.3, 0.4) is 0 Å². The molecular formula is C19H24N2O2. The van der Waals surface area contributed by atoms with E-state index in [1.165, 1.54) is 12.0 Å². The maximum absolute atomic E-state index is 6.40. The van der Waals surface area contributed by atoms with Gasteiger partial charge in [-0.15, -0.1) is 0 Å². The maximum Gasteiger partial charge on any atom is 0.257 e. The second-order valence-corrected chi connectivity index (χ2v) is 5.80. The van der Waals surface area contributed by atoms with Crippen LogP contribution in [-0.2, 0) is 0 Å². The van der Waals surface area contributed by atoms with Gasteiger partial charge < -0.3 is 14.8 Å². The molecule has 0 bridgehead atoms. The molecule has 1 N–H and O–H groups in total. The summed E-state index contributed by atoms with van der Waals surface area (Å²) < 4.78 is 12.0. The number of pyridine rings is 1. The highest BCUT2D eigenvalue weighted by Gasteiger charge is 2.27. The van der Waals surface area contributed by atoms with Gasteiger partial charge in [-0.05, 0) is 44.0 Å². The third-order valence-electron chi connectivity index (χ3n) is 4.16. The van der Waals surface area contributed by atoms with Crippen molar-refractivity contribution in [3.63, 3.8) is 0 Å². The molecule has 23 heavy (non-hydrogen) atoms. The van der Waals surface area contributed by atoms with Crippen molar-refractivity contribution in [3.05, 3.63) is 54.2 Å². The zero-order valence-corrected chi connectivity index (χ0v) is 13.6. The van der Waals surface area contributed by atoms with Gasteiger partial charge in [-0.1, -0.05) is 30.3 Å². The number of hydrogen-bond donors (Lipinski definition) is 1. The Morgan fingerprint density at radius 1 is 1.22 bits per heavy atom. The maximum atomic E-state index is 6.40. The molecular weight excluding hydrogens is 288 g/mol. The van der Waals surface area contributed by atoms with E-state index in [0.29, 0.717) is 24.2 Å². The molecule has 1 aromatic heterocycles. The van der Waals surface area contributed by atoms with E-state index in [1.807, 2.05) is 25.1 Å². The molecule has 0 aliphatic carbocycles. The normalized spacial score (nSPS) is 19.1. The van der Waals surface area contributed by atoms with Crippen LogP contribution in [0.2, 0.25) is 0 Å². The van der Waals surface area contributed by atoms with Gasteiger partial charge in [-0.3, -0.25) is 0 Å². The number of hydrogen-bond acceptors (Lipinski definition) is 4. The molecule has 122 valence electrons. The van der Waals surface area contributed by atoms with Crippen LogP contribution in [-0.4, -0.2) is 24.7 Å². The Morgan fingerprint density at radius 3 is 2.83 bits per heavy atom. The molecule has 2 heterocycles. The Morgan fingerprint density at radius 2 is 2.09 bits per heavy atom. The van der Waals surface area contributed by atoms with E-state index in [-0.39, 0.29) is 6.10 Å². The molecule has 1 saturated heterocycles. The molecule has 1 aliphatic heterocycles. The van der Waals surface area contributed by atoms with Gasteiger partial charge in [0.15, 0.2) is 5.75 Å². The van der Waals surface area contributed by atoms with E-state index in [9.17, 15) is 0 Å². The summed E-state index contributed by atoms with van der Waals surface area (Å²) >= 11 is 0. The SMILES string of the molecule is CCOc1ncccc1O[C@H](c1ccccc1)C1CCCNC1. The summed E-state index contributed by atoms with van der Waals surface area (Å²) in [6.45, 7) is 4.60. The van der Waals surface area contributed by atoms with Crippen LogP contribution in [0.1, 0.15) is 31.4 Å². The number of piperidine rings is 1. The molecule has 1 unspecified atom stereocenters. The minimum atomic E-state index is 0.00686. The Bertz CT molecular complexity index is 597. The third kappa shape index (κ3) is 4.02. The van der Waals surface area contributed by atoms with Crippen molar-refractivity contribution in [2.24, 2.45) is 5.92 Å². The van der Waals surface area contributed by atoms with Crippen molar-refractivity contribution >= 4 is 0 Å². The van der Waals surface area contributed by atoms with Crippen molar-refractivity contribution in [1.29, 1.82) is 0 Å². The summed E-state index contributed by atoms with van der Waals surface area (Å²) in [6.07, 6.45) is 4.09. The highest BCUT2D eigenvalue weighted by Crippen LogP contribution is 2.35. The number of nitrogens with one attached hydrogen (secondary N) is 1. The first-order valence-electron chi connectivity index (χ1n) is 8.38. The third-order valence-corrected chi connectivity index (χ3v) is 4.16. The van der Waals surface area contributed by atoms with Crippen LogP contribution in [0.15, 0.2) is 48.7 Å². The van der Waals surface area contributed by atoms with Gasteiger partial charge in [0.05, 0.1) is 6.61 Å². The fourth-order valence-electron chi connectivity index (χ4n) is 3.06. The van der Waals surface area contributed by atoms with Crippen molar-refractivity contribution < 1.29 is 9.47 Å². The lowest BCUT2D eigenvalue weighted by Crippen LogP contribution is -2.35. The molecule has 0 amide bonds. The summed E-state index contributed by atoms with van der Waals surface area (Å²) in [6, 6.07) is 14.3. The van der Waals surface area contributed by atoms with Gasteiger partial charge in [-0.25, -0.2) is 4.98 Å². The number of benzene rings is 1. The molecule has 4 heteroatoms. The average Bonchev–Trinajstić information content (AvgIpc) is 2.63.